The van der Waals surface area contributed by atoms with Crippen molar-refractivity contribution < 1.29 is 8.42 Å². The van der Waals surface area contributed by atoms with Crippen LogP contribution in [0.25, 0.3) is 10.9 Å². The minimum atomic E-state index is -3.10. The first-order valence-corrected chi connectivity index (χ1v) is 8.52. The fourth-order valence-corrected chi connectivity index (χ4v) is 3.15. The molecule has 2 unspecified atom stereocenters. The molecule has 0 saturated carbocycles. The monoisotopic (exact) mass is 292 g/mol. The van der Waals surface area contributed by atoms with E-state index in [2.05, 4.69) is 10.3 Å². The van der Waals surface area contributed by atoms with Crippen LogP contribution in [-0.4, -0.2) is 32.0 Å². The molecule has 2 atom stereocenters. The van der Waals surface area contributed by atoms with Gasteiger partial charge in [0.05, 0.1) is 10.8 Å². The van der Waals surface area contributed by atoms with Gasteiger partial charge in [-0.05, 0) is 44.7 Å². The molecular formula is C15H20N2O2S. The molecule has 108 valence electrons. The lowest BCUT2D eigenvalue weighted by Crippen LogP contribution is -2.32. The van der Waals surface area contributed by atoms with Crippen LogP contribution in [0.15, 0.2) is 30.3 Å². The average Bonchev–Trinajstić information content (AvgIpc) is 2.38. The summed E-state index contributed by atoms with van der Waals surface area (Å²) in [4.78, 5) is 4.46. The summed E-state index contributed by atoms with van der Waals surface area (Å²) in [5.74, 6) is 0. The standard InChI is InChI=1S/C15H20N2O2S/c1-10-5-6-12-9-13(7-8-14(12)17-10)15(16-3)11(2)20(4,18)19/h5-9,11,15-16H,1-4H3. The highest BCUT2D eigenvalue weighted by atomic mass is 32.2. The van der Waals surface area contributed by atoms with Crippen LogP contribution < -0.4 is 5.32 Å². The van der Waals surface area contributed by atoms with Gasteiger partial charge in [-0.25, -0.2) is 8.42 Å². The van der Waals surface area contributed by atoms with Gasteiger partial charge in [0.2, 0.25) is 0 Å². The highest BCUT2D eigenvalue weighted by Crippen LogP contribution is 2.24. The van der Waals surface area contributed by atoms with Crippen molar-refractivity contribution in [2.45, 2.75) is 25.1 Å². The molecule has 2 aromatic rings. The first-order chi connectivity index (χ1) is 9.32. The molecule has 1 heterocycles. The predicted molar refractivity (Wildman–Crippen MR) is 82.6 cm³/mol. The largest absolute Gasteiger partial charge is 0.312 e. The third-order valence-electron chi connectivity index (χ3n) is 3.67. The van der Waals surface area contributed by atoms with Gasteiger partial charge in [-0.15, -0.1) is 0 Å². The molecule has 0 amide bonds. The highest BCUT2D eigenvalue weighted by Gasteiger charge is 2.26. The molecule has 20 heavy (non-hydrogen) atoms. The average molecular weight is 292 g/mol. The molecule has 0 aliphatic heterocycles. The minimum Gasteiger partial charge on any atom is -0.312 e. The number of benzene rings is 1. The van der Waals surface area contributed by atoms with E-state index in [1.807, 2.05) is 37.3 Å². The van der Waals surface area contributed by atoms with Crippen molar-refractivity contribution in [1.82, 2.24) is 10.3 Å². The lowest BCUT2D eigenvalue weighted by Gasteiger charge is -2.23. The Hall–Kier alpha value is -1.46. The molecule has 0 fully saturated rings. The molecule has 0 aliphatic rings. The summed E-state index contributed by atoms with van der Waals surface area (Å²) in [5, 5.41) is 3.64. The molecule has 4 nitrogen and oxygen atoms in total. The van der Waals surface area contributed by atoms with E-state index < -0.39 is 15.1 Å². The number of nitrogens with one attached hydrogen (secondary N) is 1. The van der Waals surface area contributed by atoms with Gasteiger partial charge in [-0.3, -0.25) is 4.98 Å². The van der Waals surface area contributed by atoms with Gasteiger partial charge < -0.3 is 5.32 Å². The Labute approximate surface area is 120 Å². The number of fused-ring (bicyclic) bond motifs is 1. The first-order valence-electron chi connectivity index (χ1n) is 6.56. The highest BCUT2D eigenvalue weighted by molar-refractivity contribution is 7.91. The molecule has 5 heteroatoms. The summed E-state index contributed by atoms with van der Waals surface area (Å²) < 4.78 is 23.5. The number of hydrogen-bond donors (Lipinski definition) is 1. The van der Waals surface area contributed by atoms with Crippen molar-refractivity contribution in [2.75, 3.05) is 13.3 Å². The Balaban J connectivity index is 2.48. The summed E-state index contributed by atoms with van der Waals surface area (Å²) in [6.45, 7) is 3.68. The van der Waals surface area contributed by atoms with Crippen molar-refractivity contribution >= 4 is 20.7 Å². The second-order valence-electron chi connectivity index (χ2n) is 5.21. The van der Waals surface area contributed by atoms with Crippen LogP contribution in [0.5, 0.6) is 0 Å². The quantitative estimate of drug-likeness (QED) is 0.939. The second-order valence-corrected chi connectivity index (χ2v) is 7.61. The molecule has 1 aromatic heterocycles. The Bertz CT molecular complexity index is 726. The Kier molecular flexibility index (Phi) is 4.11. The van der Waals surface area contributed by atoms with Crippen molar-refractivity contribution in [3.05, 3.63) is 41.6 Å². The molecule has 1 aromatic carbocycles. The zero-order valence-electron chi connectivity index (χ0n) is 12.2. The zero-order valence-corrected chi connectivity index (χ0v) is 13.0. The molecular weight excluding hydrogens is 272 g/mol. The van der Waals surface area contributed by atoms with E-state index in [4.69, 9.17) is 0 Å². The Morgan fingerprint density at radius 1 is 1.20 bits per heavy atom. The number of hydrogen-bond acceptors (Lipinski definition) is 4. The molecule has 0 radical (unpaired) electrons. The maximum Gasteiger partial charge on any atom is 0.151 e. The Morgan fingerprint density at radius 2 is 1.90 bits per heavy atom. The predicted octanol–water partition coefficient (Wildman–Crippen LogP) is 2.24. The van der Waals surface area contributed by atoms with E-state index in [9.17, 15) is 8.42 Å². The van der Waals surface area contributed by atoms with E-state index in [0.717, 1.165) is 22.2 Å². The molecule has 0 saturated heterocycles. The van der Waals surface area contributed by atoms with Gasteiger partial charge in [0.15, 0.2) is 9.84 Å². The van der Waals surface area contributed by atoms with Crippen LogP contribution >= 0.6 is 0 Å². The normalized spacial score (nSPS) is 15.2. The molecule has 0 aliphatic carbocycles. The van der Waals surface area contributed by atoms with Crippen molar-refractivity contribution in [3.63, 3.8) is 0 Å². The Morgan fingerprint density at radius 3 is 2.50 bits per heavy atom. The van der Waals surface area contributed by atoms with Crippen molar-refractivity contribution in [3.8, 4) is 0 Å². The van der Waals surface area contributed by atoms with E-state index in [-0.39, 0.29) is 6.04 Å². The summed E-state index contributed by atoms with van der Waals surface area (Å²) in [6.07, 6.45) is 1.27. The lowest BCUT2D eigenvalue weighted by molar-refractivity contribution is 0.535. The number of sulfone groups is 1. The first kappa shape index (κ1) is 14.9. The molecule has 1 N–H and O–H groups in total. The topological polar surface area (TPSA) is 59.1 Å². The number of aromatic nitrogens is 1. The summed E-state index contributed by atoms with van der Waals surface area (Å²) in [7, 11) is -1.32. The van der Waals surface area contributed by atoms with Crippen molar-refractivity contribution in [2.24, 2.45) is 0 Å². The van der Waals surface area contributed by atoms with Crippen molar-refractivity contribution in [1.29, 1.82) is 0 Å². The van der Waals surface area contributed by atoms with E-state index >= 15 is 0 Å². The van der Waals surface area contributed by atoms with E-state index in [1.165, 1.54) is 6.26 Å². The third-order valence-corrected chi connectivity index (χ3v) is 5.29. The number of aryl methyl sites for hydroxylation is 1. The fraction of sp³-hybridized carbons (Fsp3) is 0.400. The zero-order chi connectivity index (χ0) is 14.9. The third kappa shape index (κ3) is 2.99. The summed E-state index contributed by atoms with van der Waals surface area (Å²) in [5.41, 5.74) is 2.86. The van der Waals surface area contributed by atoms with Crippen LogP contribution in [-0.2, 0) is 9.84 Å². The lowest BCUT2D eigenvalue weighted by atomic mass is 10.0. The van der Waals surface area contributed by atoms with Crippen LogP contribution in [0, 0.1) is 6.92 Å². The van der Waals surface area contributed by atoms with Crippen LogP contribution in [0.3, 0.4) is 0 Å². The van der Waals surface area contributed by atoms with Gasteiger partial charge in [-0.1, -0.05) is 12.1 Å². The fourth-order valence-electron chi connectivity index (χ4n) is 2.36. The minimum absolute atomic E-state index is 0.226. The maximum absolute atomic E-state index is 11.8. The number of pyridine rings is 1. The van der Waals surface area contributed by atoms with Crippen LogP contribution in [0.4, 0.5) is 0 Å². The van der Waals surface area contributed by atoms with Crippen LogP contribution in [0.1, 0.15) is 24.2 Å². The molecule has 0 spiro atoms. The van der Waals surface area contributed by atoms with Gasteiger partial charge >= 0.3 is 0 Å². The second kappa shape index (κ2) is 5.50. The van der Waals surface area contributed by atoms with Gasteiger partial charge in [0, 0.05) is 23.4 Å². The number of nitrogens with zero attached hydrogens (tertiary/aromatic N) is 1. The van der Waals surface area contributed by atoms with Crippen LogP contribution in [0.2, 0.25) is 0 Å². The summed E-state index contributed by atoms with van der Waals surface area (Å²) >= 11 is 0. The van der Waals surface area contributed by atoms with Gasteiger partial charge in [0.1, 0.15) is 0 Å². The molecule has 0 bridgehead atoms. The molecule has 2 rings (SSSR count). The SMILES string of the molecule is CNC(c1ccc2nc(C)ccc2c1)C(C)S(C)(=O)=O. The number of rotatable bonds is 4. The smallest absolute Gasteiger partial charge is 0.151 e. The van der Waals surface area contributed by atoms with E-state index in [0.29, 0.717) is 0 Å². The summed E-state index contributed by atoms with van der Waals surface area (Å²) in [6, 6.07) is 9.63. The van der Waals surface area contributed by atoms with Gasteiger partial charge in [0.25, 0.3) is 0 Å². The van der Waals surface area contributed by atoms with Gasteiger partial charge in [-0.2, -0.15) is 0 Å². The van der Waals surface area contributed by atoms with E-state index in [1.54, 1.807) is 14.0 Å². The maximum atomic E-state index is 11.8.